The summed E-state index contributed by atoms with van der Waals surface area (Å²) in [6, 6.07) is 20.3. The number of likely N-dealkylation sites (N-methyl/N-ethyl adjacent to an activating group) is 1. The molecule has 1 N–H and O–H groups in total. The highest BCUT2D eigenvalue weighted by molar-refractivity contribution is 5.55. The lowest BCUT2D eigenvalue weighted by Gasteiger charge is -2.29. The first-order valence-electron chi connectivity index (χ1n) is 8.98. The Morgan fingerprint density at radius 1 is 1.12 bits per heavy atom. The number of para-hydroxylation sites is 2. The lowest BCUT2D eigenvalue weighted by Crippen LogP contribution is -2.39. The minimum Gasteiger partial charge on any atom is -0.374 e. The summed E-state index contributed by atoms with van der Waals surface area (Å²) in [7, 11) is 4.38. The van der Waals surface area contributed by atoms with Gasteiger partial charge in [0.15, 0.2) is 0 Å². The van der Waals surface area contributed by atoms with E-state index in [1.165, 1.54) is 29.8 Å². The maximum atomic E-state index is 3.82. The molecule has 0 saturated heterocycles. The minimum absolute atomic E-state index is 0.442. The molecule has 0 radical (unpaired) electrons. The minimum atomic E-state index is 0.442. The molecule has 3 nitrogen and oxygen atoms in total. The van der Waals surface area contributed by atoms with E-state index in [4.69, 9.17) is 0 Å². The third-order valence-electron chi connectivity index (χ3n) is 5.19. The molecule has 2 atom stereocenters. The van der Waals surface area contributed by atoms with Crippen molar-refractivity contribution in [1.29, 1.82) is 0 Å². The second kappa shape index (κ2) is 7.71. The number of hydrogen-bond acceptors (Lipinski definition) is 3. The van der Waals surface area contributed by atoms with Crippen molar-refractivity contribution in [3.8, 4) is 0 Å². The molecule has 1 aliphatic rings. The Hall–Kier alpha value is -2.00. The lowest BCUT2D eigenvalue weighted by atomic mass is 10.0. The summed E-state index contributed by atoms with van der Waals surface area (Å²) in [4.78, 5) is 4.73. The van der Waals surface area contributed by atoms with Crippen molar-refractivity contribution >= 4 is 11.4 Å². The van der Waals surface area contributed by atoms with Crippen LogP contribution in [0.15, 0.2) is 54.6 Å². The van der Waals surface area contributed by atoms with Crippen LogP contribution < -0.4 is 15.1 Å². The molecule has 1 heterocycles. The van der Waals surface area contributed by atoms with Crippen molar-refractivity contribution in [3.63, 3.8) is 0 Å². The molecular formula is C21H29N3. The lowest BCUT2D eigenvalue weighted by molar-refractivity contribution is 0.470. The predicted octanol–water partition coefficient (Wildman–Crippen LogP) is 4.07. The molecule has 2 aromatic carbocycles. The fraction of sp³-hybridized carbons (Fsp3) is 0.429. The van der Waals surface area contributed by atoms with Gasteiger partial charge in [-0.25, -0.2) is 0 Å². The van der Waals surface area contributed by atoms with Crippen molar-refractivity contribution in [2.45, 2.75) is 31.8 Å². The van der Waals surface area contributed by atoms with E-state index in [0.29, 0.717) is 12.1 Å². The highest BCUT2D eigenvalue weighted by Crippen LogP contribution is 2.31. The second-order valence-corrected chi connectivity index (χ2v) is 6.88. The third-order valence-corrected chi connectivity index (χ3v) is 5.19. The first-order chi connectivity index (χ1) is 11.7. The van der Waals surface area contributed by atoms with Gasteiger partial charge in [0.25, 0.3) is 0 Å². The predicted molar refractivity (Wildman–Crippen MR) is 104 cm³/mol. The van der Waals surface area contributed by atoms with Crippen LogP contribution >= 0.6 is 0 Å². The first kappa shape index (κ1) is 16.8. The highest BCUT2D eigenvalue weighted by atomic mass is 15.2. The van der Waals surface area contributed by atoms with Gasteiger partial charge in [-0.3, -0.25) is 0 Å². The Balaban J connectivity index is 1.67. The van der Waals surface area contributed by atoms with Gasteiger partial charge in [0.1, 0.15) is 0 Å². The summed E-state index contributed by atoms with van der Waals surface area (Å²) < 4.78 is 0. The zero-order chi connectivity index (χ0) is 16.9. The maximum absolute atomic E-state index is 3.82. The van der Waals surface area contributed by atoms with E-state index < -0.39 is 0 Å². The van der Waals surface area contributed by atoms with Gasteiger partial charge in [0.05, 0.1) is 0 Å². The van der Waals surface area contributed by atoms with Gasteiger partial charge in [0, 0.05) is 50.6 Å². The van der Waals surface area contributed by atoms with Crippen LogP contribution in [-0.2, 0) is 0 Å². The molecule has 3 heteroatoms. The van der Waals surface area contributed by atoms with E-state index in [2.05, 4.69) is 90.7 Å². The largest absolute Gasteiger partial charge is 0.374 e. The number of nitrogens with zero attached hydrogens (tertiary/aromatic N) is 2. The van der Waals surface area contributed by atoms with Crippen LogP contribution in [0.25, 0.3) is 0 Å². The molecule has 128 valence electrons. The van der Waals surface area contributed by atoms with Crippen molar-refractivity contribution in [2.75, 3.05) is 37.0 Å². The Labute approximate surface area is 146 Å². The summed E-state index contributed by atoms with van der Waals surface area (Å²) in [6.07, 6.45) is 2.43. The Morgan fingerprint density at radius 3 is 2.62 bits per heavy atom. The summed E-state index contributed by atoms with van der Waals surface area (Å²) in [6.45, 7) is 4.40. The van der Waals surface area contributed by atoms with E-state index in [1.807, 2.05) is 0 Å². The topological polar surface area (TPSA) is 18.5 Å². The van der Waals surface area contributed by atoms with Crippen LogP contribution in [-0.4, -0.2) is 33.2 Å². The van der Waals surface area contributed by atoms with Crippen LogP contribution in [0.1, 0.15) is 31.4 Å². The molecule has 2 unspecified atom stereocenters. The van der Waals surface area contributed by atoms with E-state index in [-0.39, 0.29) is 0 Å². The number of hydrogen-bond donors (Lipinski definition) is 1. The third kappa shape index (κ3) is 3.73. The molecule has 0 aromatic heterocycles. The summed E-state index contributed by atoms with van der Waals surface area (Å²) in [5.74, 6) is 0. The van der Waals surface area contributed by atoms with Crippen LogP contribution in [0.3, 0.4) is 0 Å². The Bertz CT molecular complexity index is 641. The molecule has 0 saturated carbocycles. The Kier molecular flexibility index (Phi) is 5.41. The van der Waals surface area contributed by atoms with Crippen LogP contribution in [0, 0.1) is 0 Å². The SMILES string of the molecule is CC(CNC1CCCN(C)c2ccccc21)N(C)c1ccccc1. The molecule has 0 amide bonds. The normalized spacial score (nSPS) is 18.6. The van der Waals surface area contributed by atoms with Gasteiger partial charge in [-0.2, -0.15) is 0 Å². The summed E-state index contributed by atoms with van der Waals surface area (Å²) in [5, 5.41) is 3.82. The zero-order valence-electron chi connectivity index (χ0n) is 15.1. The molecule has 0 aliphatic carbocycles. The Morgan fingerprint density at radius 2 is 1.83 bits per heavy atom. The average molecular weight is 323 g/mol. The highest BCUT2D eigenvalue weighted by Gasteiger charge is 2.21. The van der Waals surface area contributed by atoms with Crippen molar-refractivity contribution < 1.29 is 0 Å². The standard InChI is InChI=1S/C21H29N3/c1-17(24(3)18-10-5-4-6-11-18)16-22-20-13-9-15-23(2)21-14-8-7-12-19(20)21/h4-8,10-12,14,17,20,22H,9,13,15-16H2,1-3H3. The zero-order valence-corrected chi connectivity index (χ0v) is 15.1. The van der Waals surface area contributed by atoms with Crippen molar-refractivity contribution in [3.05, 3.63) is 60.2 Å². The van der Waals surface area contributed by atoms with Gasteiger partial charge in [-0.15, -0.1) is 0 Å². The first-order valence-corrected chi connectivity index (χ1v) is 8.98. The van der Waals surface area contributed by atoms with Gasteiger partial charge < -0.3 is 15.1 Å². The average Bonchev–Trinajstić information content (AvgIpc) is 2.79. The molecular weight excluding hydrogens is 294 g/mol. The van der Waals surface area contributed by atoms with Gasteiger partial charge >= 0.3 is 0 Å². The smallest absolute Gasteiger partial charge is 0.0412 e. The maximum Gasteiger partial charge on any atom is 0.0412 e. The van der Waals surface area contributed by atoms with Crippen LogP contribution in [0.2, 0.25) is 0 Å². The van der Waals surface area contributed by atoms with Crippen molar-refractivity contribution in [2.24, 2.45) is 0 Å². The fourth-order valence-corrected chi connectivity index (χ4v) is 3.52. The van der Waals surface area contributed by atoms with Gasteiger partial charge in [0.2, 0.25) is 0 Å². The molecule has 3 rings (SSSR count). The number of fused-ring (bicyclic) bond motifs is 1. The number of rotatable bonds is 5. The second-order valence-electron chi connectivity index (χ2n) is 6.88. The van der Waals surface area contributed by atoms with Crippen LogP contribution in [0.5, 0.6) is 0 Å². The van der Waals surface area contributed by atoms with Crippen LogP contribution in [0.4, 0.5) is 11.4 Å². The quantitative estimate of drug-likeness (QED) is 0.895. The van der Waals surface area contributed by atoms with Gasteiger partial charge in [-0.05, 0) is 43.5 Å². The molecule has 24 heavy (non-hydrogen) atoms. The molecule has 1 aliphatic heterocycles. The number of anilines is 2. The van der Waals surface area contributed by atoms with Crippen molar-refractivity contribution in [1.82, 2.24) is 5.32 Å². The van der Waals surface area contributed by atoms with Gasteiger partial charge in [-0.1, -0.05) is 36.4 Å². The molecule has 2 aromatic rings. The fourth-order valence-electron chi connectivity index (χ4n) is 3.52. The number of benzene rings is 2. The molecule has 0 fully saturated rings. The molecule has 0 spiro atoms. The summed E-state index contributed by atoms with van der Waals surface area (Å²) in [5.41, 5.74) is 4.08. The van der Waals surface area contributed by atoms with E-state index >= 15 is 0 Å². The monoisotopic (exact) mass is 323 g/mol. The summed E-state index contributed by atoms with van der Waals surface area (Å²) >= 11 is 0. The molecule has 0 bridgehead atoms. The number of nitrogens with one attached hydrogen (secondary N) is 1. The van der Waals surface area contributed by atoms with E-state index in [9.17, 15) is 0 Å². The van der Waals surface area contributed by atoms with E-state index in [1.54, 1.807) is 0 Å². The van der Waals surface area contributed by atoms with E-state index in [0.717, 1.165) is 13.1 Å².